The Morgan fingerprint density at radius 3 is 2.84 bits per heavy atom. The van der Waals surface area contributed by atoms with Gasteiger partial charge in [-0.15, -0.1) is 0 Å². The van der Waals surface area contributed by atoms with Crippen molar-refractivity contribution >= 4 is 11.9 Å². The van der Waals surface area contributed by atoms with E-state index in [4.69, 9.17) is 16.2 Å². The molecule has 0 bridgehead atoms. The van der Waals surface area contributed by atoms with Gasteiger partial charge in [-0.25, -0.2) is 0 Å². The fraction of sp³-hybridized carbons (Fsp3) is 0.727. The van der Waals surface area contributed by atoms with Gasteiger partial charge in [0.05, 0.1) is 19.3 Å². The molecule has 0 spiro atoms. The first-order valence-electron chi connectivity index (χ1n) is 6.30. The average Bonchev–Trinajstić information content (AvgIpc) is 2.38. The molecule has 1 saturated heterocycles. The highest BCUT2D eigenvalue weighted by Gasteiger charge is 2.20. The number of nitrogens with zero attached hydrogens (tertiary/aromatic N) is 5. The van der Waals surface area contributed by atoms with Crippen LogP contribution in [0.2, 0.25) is 0 Å². The molecule has 1 fully saturated rings. The molecule has 2 heterocycles. The number of morpholine rings is 1. The van der Waals surface area contributed by atoms with Gasteiger partial charge in [0.15, 0.2) is 0 Å². The van der Waals surface area contributed by atoms with Gasteiger partial charge in [-0.3, -0.25) is 4.90 Å². The van der Waals surface area contributed by atoms with E-state index in [1.807, 2.05) is 19.0 Å². The summed E-state index contributed by atoms with van der Waals surface area (Å²) in [6, 6.07) is 0. The molecule has 8 nitrogen and oxygen atoms in total. The number of hydrogen-bond acceptors (Lipinski definition) is 8. The molecule has 19 heavy (non-hydrogen) atoms. The topological polar surface area (TPSA) is 106 Å². The number of rotatable bonds is 4. The lowest BCUT2D eigenvalue weighted by Gasteiger charge is -2.31. The van der Waals surface area contributed by atoms with Gasteiger partial charge in [-0.1, -0.05) is 0 Å². The third kappa shape index (κ3) is 3.72. The van der Waals surface area contributed by atoms with E-state index in [-0.39, 0.29) is 12.1 Å². The van der Waals surface area contributed by atoms with Crippen molar-refractivity contribution in [1.29, 1.82) is 0 Å². The SMILES string of the molecule is CN(C)c1nc(N)nc(CN2CCOC(CN)C2)n1. The van der Waals surface area contributed by atoms with Gasteiger partial charge in [0, 0.05) is 33.7 Å². The van der Waals surface area contributed by atoms with Crippen molar-refractivity contribution in [2.75, 3.05) is 51.0 Å². The van der Waals surface area contributed by atoms with E-state index in [0.29, 0.717) is 31.5 Å². The zero-order valence-corrected chi connectivity index (χ0v) is 11.4. The molecular formula is C11H21N7O. The van der Waals surface area contributed by atoms with Gasteiger partial charge < -0.3 is 21.1 Å². The number of ether oxygens (including phenoxy) is 1. The molecule has 1 unspecified atom stereocenters. The minimum Gasteiger partial charge on any atom is -0.374 e. The summed E-state index contributed by atoms with van der Waals surface area (Å²) >= 11 is 0. The number of aromatic nitrogens is 3. The van der Waals surface area contributed by atoms with Gasteiger partial charge in [-0.05, 0) is 0 Å². The van der Waals surface area contributed by atoms with E-state index in [2.05, 4.69) is 19.9 Å². The minimum atomic E-state index is 0.0845. The molecular weight excluding hydrogens is 246 g/mol. The molecule has 4 N–H and O–H groups in total. The summed E-state index contributed by atoms with van der Waals surface area (Å²) in [6.07, 6.45) is 0.0845. The molecule has 0 radical (unpaired) electrons. The molecule has 0 saturated carbocycles. The molecule has 2 rings (SSSR count). The molecule has 1 atom stereocenters. The second-order valence-electron chi connectivity index (χ2n) is 4.77. The van der Waals surface area contributed by atoms with E-state index in [9.17, 15) is 0 Å². The largest absolute Gasteiger partial charge is 0.374 e. The maximum absolute atomic E-state index is 5.70. The lowest BCUT2D eigenvalue weighted by atomic mass is 10.2. The Kier molecular flexibility index (Phi) is 4.46. The van der Waals surface area contributed by atoms with Gasteiger partial charge in [0.1, 0.15) is 5.82 Å². The summed E-state index contributed by atoms with van der Waals surface area (Å²) in [7, 11) is 3.75. The minimum absolute atomic E-state index is 0.0845. The van der Waals surface area contributed by atoms with Gasteiger partial charge >= 0.3 is 0 Å². The van der Waals surface area contributed by atoms with Crippen LogP contribution in [-0.2, 0) is 11.3 Å². The van der Waals surface area contributed by atoms with Crippen molar-refractivity contribution in [1.82, 2.24) is 19.9 Å². The summed E-state index contributed by atoms with van der Waals surface area (Å²) in [4.78, 5) is 16.7. The lowest BCUT2D eigenvalue weighted by molar-refractivity contribution is -0.0268. The normalized spacial score (nSPS) is 20.5. The van der Waals surface area contributed by atoms with Crippen LogP contribution in [0.4, 0.5) is 11.9 Å². The van der Waals surface area contributed by atoms with Crippen LogP contribution in [0.25, 0.3) is 0 Å². The molecule has 1 aliphatic heterocycles. The van der Waals surface area contributed by atoms with Crippen LogP contribution in [0, 0.1) is 0 Å². The molecule has 1 aromatic rings. The van der Waals surface area contributed by atoms with Crippen molar-refractivity contribution in [3.63, 3.8) is 0 Å². The van der Waals surface area contributed by atoms with Crippen molar-refractivity contribution in [3.05, 3.63) is 5.82 Å². The highest BCUT2D eigenvalue weighted by atomic mass is 16.5. The summed E-state index contributed by atoms with van der Waals surface area (Å²) in [5, 5.41) is 0. The summed E-state index contributed by atoms with van der Waals surface area (Å²) in [6.45, 7) is 3.48. The Morgan fingerprint density at radius 2 is 2.16 bits per heavy atom. The van der Waals surface area contributed by atoms with Crippen LogP contribution in [0.1, 0.15) is 5.82 Å². The van der Waals surface area contributed by atoms with Crippen LogP contribution in [0.5, 0.6) is 0 Å². The Hall–Kier alpha value is -1.51. The van der Waals surface area contributed by atoms with Gasteiger partial charge in [-0.2, -0.15) is 15.0 Å². The number of anilines is 2. The van der Waals surface area contributed by atoms with Crippen molar-refractivity contribution < 1.29 is 4.74 Å². The zero-order valence-electron chi connectivity index (χ0n) is 11.4. The zero-order chi connectivity index (χ0) is 13.8. The molecule has 8 heteroatoms. The van der Waals surface area contributed by atoms with Crippen LogP contribution in [0.15, 0.2) is 0 Å². The van der Waals surface area contributed by atoms with Crippen LogP contribution >= 0.6 is 0 Å². The first-order valence-corrected chi connectivity index (χ1v) is 6.30. The van der Waals surface area contributed by atoms with Crippen LogP contribution in [0.3, 0.4) is 0 Å². The van der Waals surface area contributed by atoms with Crippen molar-refractivity contribution in [2.24, 2.45) is 5.73 Å². The summed E-state index contributed by atoms with van der Waals surface area (Å²) in [5.74, 6) is 1.50. The molecule has 106 valence electrons. The number of nitrogens with two attached hydrogens (primary N) is 2. The highest BCUT2D eigenvalue weighted by Crippen LogP contribution is 2.10. The molecule has 0 aliphatic carbocycles. The monoisotopic (exact) mass is 267 g/mol. The summed E-state index contributed by atoms with van der Waals surface area (Å²) in [5.41, 5.74) is 11.3. The standard InChI is InChI=1S/C11H21N7O/c1-17(2)11-15-9(14-10(13)16-11)7-18-3-4-19-8(5-12)6-18/h8H,3-7,12H2,1-2H3,(H2,13,14,15,16). The highest BCUT2D eigenvalue weighted by molar-refractivity contribution is 5.32. The molecule has 0 amide bonds. The fourth-order valence-corrected chi connectivity index (χ4v) is 1.96. The lowest BCUT2D eigenvalue weighted by Crippen LogP contribution is -2.45. The van der Waals surface area contributed by atoms with Gasteiger partial charge in [0.2, 0.25) is 11.9 Å². The Labute approximate surface area is 112 Å². The van der Waals surface area contributed by atoms with Gasteiger partial charge in [0.25, 0.3) is 0 Å². The Morgan fingerprint density at radius 1 is 1.37 bits per heavy atom. The van der Waals surface area contributed by atoms with E-state index in [1.165, 1.54) is 0 Å². The predicted octanol–water partition coefficient (Wildman–Crippen LogP) is -1.32. The first-order chi connectivity index (χ1) is 9.08. The molecule has 0 aromatic carbocycles. The van der Waals surface area contributed by atoms with Crippen molar-refractivity contribution in [2.45, 2.75) is 12.6 Å². The first kappa shape index (κ1) is 13.9. The third-order valence-electron chi connectivity index (χ3n) is 2.94. The van der Waals surface area contributed by atoms with Crippen LogP contribution < -0.4 is 16.4 Å². The molecule has 1 aromatic heterocycles. The number of nitrogen functional groups attached to an aromatic ring is 1. The molecule has 1 aliphatic rings. The Balaban J connectivity index is 2.06. The number of hydrogen-bond donors (Lipinski definition) is 2. The smallest absolute Gasteiger partial charge is 0.229 e. The summed E-state index contributed by atoms with van der Waals surface area (Å²) < 4.78 is 5.53. The maximum Gasteiger partial charge on any atom is 0.229 e. The van der Waals surface area contributed by atoms with E-state index < -0.39 is 0 Å². The van der Waals surface area contributed by atoms with E-state index in [1.54, 1.807) is 0 Å². The maximum atomic E-state index is 5.70. The predicted molar refractivity (Wildman–Crippen MR) is 72.6 cm³/mol. The second kappa shape index (κ2) is 6.09. The van der Waals surface area contributed by atoms with E-state index >= 15 is 0 Å². The average molecular weight is 267 g/mol. The second-order valence-corrected chi connectivity index (χ2v) is 4.77. The van der Waals surface area contributed by atoms with E-state index in [0.717, 1.165) is 13.1 Å². The fourth-order valence-electron chi connectivity index (χ4n) is 1.96. The van der Waals surface area contributed by atoms with Crippen molar-refractivity contribution in [3.8, 4) is 0 Å². The third-order valence-corrected chi connectivity index (χ3v) is 2.94. The Bertz CT molecular complexity index is 426. The van der Waals surface area contributed by atoms with Crippen LogP contribution in [-0.4, -0.2) is 66.3 Å². The quantitative estimate of drug-likeness (QED) is 0.692.